The Bertz CT molecular complexity index is 299. The largest absolute Gasteiger partial charge is 0.512 e. The maximum atomic E-state index is 11.1. The van der Waals surface area contributed by atoms with Gasteiger partial charge in [-0.05, 0) is 26.2 Å². The van der Waals surface area contributed by atoms with Crippen molar-refractivity contribution in [3.05, 3.63) is 11.8 Å². The van der Waals surface area contributed by atoms with Gasteiger partial charge < -0.3 is 14.9 Å². The molecule has 0 rings (SSSR count). The lowest BCUT2D eigenvalue weighted by atomic mass is 10.0. The molecule has 0 aromatic rings. The molecular formula is C18H34O4. The third-order valence-corrected chi connectivity index (χ3v) is 3.66. The van der Waals surface area contributed by atoms with Gasteiger partial charge in [-0.3, -0.25) is 0 Å². The Morgan fingerprint density at radius 3 is 2.18 bits per heavy atom. The van der Waals surface area contributed by atoms with Crippen LogP contribution in [0.4, 0.5) is 0 Å². The second-order valence-corrected chi connectivity index (χ2v) is 5.84. The Morgan fingerprint density at radius 2 is 1.59 bits per heavy atom. The van der Waals surface area contributed by atoms with Crippen molar-refractivity contribution in [1.82, 2.24) is 0 Å². The first-order chi connectivity index (χ1) is 10.6. The van der Waals surface area contributed by atoms with Crippen molar-refractivity contribution in [2.75, 3.05) is 6.61 Å². The lowest BCUT2D eigenvalue weighted by molar-refractivity contribution is -0.137. The van der Waals surface area contributed by atoms with Crippen molar-refractivity contribution in [3.63, 3.8) is 0 Å². The van der Waals surface area contributed by atoms with Gasteiger partial charge in [0.05, 0.1) is 24.5 Å². The van der Waals surface area contributed by atoms with E-state index in [9.17, 15) is 15.0 Å². The fraction of sp³-hybridized carbons (Fsp3) is 0.833. The molecule has 0 aromatic heterocycles. The Hall–Kier alpha value is -1.03. The fourth-order valence-corrected chi connectivity index (χ4v) is 2.44. The molecule has 0 aliphatic carbocycles. The number of unbranched alkanes of at least 4 members (excludes halogenated alkanes) is 6. The molecule has 22 heavy (non-hydrogen) atoms. The summed E-state index contributed by atoms with van der Waals surface area (Å²) in [6.45, 7) is 4.17. The molecule has 1 atom stereocenters. The number of aliphatic hydroxyl groups is 2. The van der Waals surface area contributed by atoms with E-state index in [0.29, 0.717) is 13.0 Å². The monoisotopic (exact) mass is 314 g/mol. The lowest BCUT2D eigenvalue weighted by Gasteiger charge is -2.08. The average molecular weight is 314 g/mol. The van der Waals surface area contributed by atoms with Crippen LogP contribution in [-0.4, -0.2) is 28.9 Å². The Morgan fingerprint density at radius 1 is 1.00 bits per heavy atom. The molecule has 0 bridgehead atoms. The zero-order valence-corrected chi connectivity index (χ0v) is 14.4. The van der Waals surface area contributed by atoms with Crippen LogP contribution < -0.4 is 0 Å². The summed E-state index contributed by atoms with van der Waals surface area (Å²) in [4.78, 5) is 11.1. The van der Waals surface area contributed by atoms with Crippen LogP contribution in [0.25, 0.3) is 0 Å². The van der Waals surface area contributed by atoms with Crippen LogP contribution in [0.1, 0.15) is 84.5 Å². The smallest absolute Gasteiger partial charge is 0.334 e. The molecule has 4 nitrogen and oxygen atoms in total. The first-order valence-corrected chi connectivity index (χ1v) is 8.84. The molecule has 0 saturated heterocycles. The maximum absolute atomic E-state index is 11.1. The quantitative estimate of drug-likeness (QED) is 0.212. The van der Waals surface area contributed by atoms with E-state index in [0.717, 1.165) is 44.9 Å². The summed E-state index contributed by atoms with van der Waals surface area (Å²) in [5, 5.41) is 19.2. The molecule has 0 saturated carbocycles. The minimum Gasteiger partial charge on any atom is -0.512 e. The van der Waals surface area contributed by atoms with E-state index in [2.05, 4.69) is 6.92 Å². The van der Waals surface area contributed by atoms with Crippen molar-refractivity contribution in [2.45, 2.75) is 90.6 Å². The summed E-state index contributed by atoms with van der Waals surface area (Å²) in [6.07, 6.45) is 12.4. The molecular weight excluding hydrogens is 280 g/mol. The Balaban J connectivity index is 3.38. The highest BCUT2D eigenvalue weighted by Gasteiger charge is 2.02. The van der Waals surface area contributed by atoms with E-state index in [4.69, 9.17) is 4.74 Å². The van der Waals surface area contributed by atoms with Crippen molar-refractivity contribution < 1.29 is 19.7 Å². The first kappa shape index (κ1) is 21.0. The molecule has 0 radical (unpaired) electrons. The van der Waals surface area contributed by atoms with Gasteiger partial charge in [-0.1, -0.05) is 51.9 Å². The minimum atomic E-state index is -0.467. The van der Waals surface area contributed by atoms with E-state index in [1.54, 1.807) is 6.92 Å². The molecule has 0 fully saturated rings. The van der Waals surface area contributed by atoms with Gasteiger partial charge in [0.2, 0.25) is 0 Å². The topological polar surface area (TPSA) is 66.8 Å². The van der Waals surface area contributed by atoms with E-state index in [1.807, 2.05) is 0 Å². The predicted molar refractivity (Wildman–Crippen MR) is 89.8 cm³/mol. The van der Waals surface area contributed by atoms with Crippen molar-refractivity contribution >= 4 is 5.97 Å². The van der Waals surface area contributed by atoms with E-state index >= 15 is 0 Å². The number of hydrogen-bond donors (Lipinski definition) is 2. The zero-order chi connectivity index (χ0) is 16.6. The molecule has 0 amide bonds. The van der Waals surface area contributed by atoms with Crippen LogP contribution in [-0.2, 0) is 9.53 Å². The van der Waals surface area contributed by atoms with Crippen LogP contribution in [0.15, 0.2) is 11.8 Å². The maximum Gasteiger partial charge on any atom is 0.334 e. The molecule has 2 N–H and O–H groups in total. The number of hydrogen-bond acceptors (Lipinski definition) is 4. The van der Waals surface area contributed by atoms with Gasteiger partial charge in [-0.15, -0.1) is 0 Å². The van der Waals surface area contributed by atoms with Crippen LogP contribution in [0.2, 0.25) is 0 Å². The molecule has 130 valence electrons. The van der Waals surface area contributed by atoms with Gasteiger partial charge in [0.1, 0.15) is 0 Å². The van der Waals surface area contributed by atoms with E-state index in [-0.39, 0.29) is 11.9 Å². The summed E-state index contributed by atoms with van der Waals surface area (Å²) in [5.74, 6) is -0.353. The number of allylic oxidation sites excluding steroid dienone is 1. The molecule has 0 aromatic carbocycles. The number of carbonyl (C=O) groups is 1. The molecule has 0 spiro atoms. The summed E-state index contributed by atoms with van der Waals surface area (Å²) in [5.41, 5.74) is 0. The Labute approximate surface area is 135 Å². The summed E-state index contributed by atoms with van der Waals surface area (Å²) < 4.78 is 4.73. The van der Waals surface area contributed by atoms with E-state index in [1.165, 1.54) is 25.3 Å². The van der Waals surface area contributed by atoms with Gasteiger partial charge in [0.15, 0.2) is 0 Å². The number of ether oxygens (including phenoxy) is 1. The van der Waals surface area contributed by atoms with Gasteiger partial charge >= 0.3 is 5.97 Å². The number of aliphatic hydroxyl groups excluding tert-OH is 2. The summed E-state index contributed by atoms with van der Waals surface area (Å²) >= 11 is 0. The second kappa shape index (κ2) is 14.9. The van der Waals surface area contributed by atoms with Crippen LogP contribution >= 0.6 is 0 Å². The zero-order valence-electron chi connectivity index (χ0n) is 14.4. The second-order valence-electron chi connectivity index (χ2n) is 5.84. The molecule has 0 heterocycles. The third kappa shape index (κ3) is 13.9. The van der Waals surface area contributed by atoms with Gasteiger partial charge in [-0.2, -0.15) is 0 Å². The minimum absolute atomic E-state index is 0.112. The standard InChI is InChI=1S/C18H34O4/c1-3-12-16(19)13-10-8-6-5-7-9-11-14-17(20)15-18(21)22-4-2/h15-16,19-20H,3-14H2,1-2H3. The Kier molecular flexibility index (Phi) is 14.2. The lowest BCUT2D eigenvalue weighted by Crippen LogP contribution is -2.04. The van der Waals surface area contributed by atoms with E-state index < -0.39 is 5.97 Å². The van der Waals surface area contributed by atoms with Gasteiger partial charge in [0, 0.05) is 6.42 Å². The third-order valence-electron chi connectivity index (χ3n) is 3.66. The highest BCUT2D eigenvalue weighted by molar-refractivity contribution is 5.82. The number of esters is 1. The molecule has 0 aliphatic rings. The summed E-state index contributed by atoms with van der Waals surface area (Å²) in [7, 11) is 0. The first-order valence-electron chi connectivity index (χ1n) is 8.84. The highest BCUT2D eigenvalue weighted by Crippen LogP contribution is 2.13. The van der Waals surface area contributed by atoms with Crippen LogP contribution in [0.3, 0.4) is 0 Å². The SMILES string of the molecule is CCCC(O)CCCCCCCCCC(O)=CC(=O)OCC. The van der Waals surface area contributed by atoms with Crippen LogP contribution in [0.5, 0.6) is 0 Å². The molecule has 0 aliphatic heterocycles. The fourth-order valence-electron chi connectivity index (χ4n) is 2.44. The highest BCUT2D eigenvalue weighted by atomic mass is 16.5. The van der Waals surface area contributed by atoms with Crippen molar-refractivity contribution in [2.24, 2.45) is 0 Å². The number of carbonyl (C=O) groups excluding carboxylic acids is 1. The van der Waals surface area contributed by atoms with Crippen molar-refractivity contribution in [3.8, 4) is 0 Å². The summed E-state index contributed by atoms with van der Waals surface area (Å²) in [6, 6.07) is 0. The molecule has 4 heteroatoms. The van der Waals surface area contributed by atoms with Gasteiger partial charge in [-0.25, -0.2) is 4.79 Å². The van der Waals surface area contributed by atoms with Crippen molar-refractivity contribution in [1.29, 1.82) is 0 Å². The van der Waals surface area contributed by atoms with Crippen LogP contribution in [0, 0.1) is 0 Å². The van der Waals surface area contributed by atoms with Gasteiger partial charge in [0.25, 0.3) is 0 Å². The molecule has 1 unspecified atom stereocenters. The predicted octanol–water partition coefficient (Wildman–Crippen LogP) is 4.66. The number of rotatable bonds is 14. The normalized spacial score (nSPS) is 13.1. The average Bonchev–Trinajstić information content (AvgIpc) is 2.46.